The number of anilines is 2. The lowest BCUT2D eigenvalue weighted by Gasteiger charge is -2.07. The van der Waals surface area contributed by atoms with Gasteiger partial charge in [0.15, 0.2) is 0 Å². The molecule has 0 aliphatic heterocycles. The Morgan fingerprint density at radius 2 is 1.88 bits per heavy atom. The Morgan fingerprint density at radius 3 is 2.56 bits per heavy atom. The van der Waals surface area contributed by atoms with E-state index in [1.807, 2.05) is 12.1 Å². The smallest absolute Gasteiger partial charge is 0.275 e. The Bertz CT molecular complexity index is 863. The number of nitrogens with one attached hydrogen (secondary N) is 2. The lowest BCUT2D eigenvalue weighted by molar-refractivity contribution is 0.102. The molecule has 0 radical (unpaired) electrons. The van der Waals surface area contributed by atoms with E-state index >= 15 is 0 Å². The van der Waals surface area contributed by atoms with E-state index in [1.165, 1.54) is 11.8 Å². The largest absolute Gasteiger partial charge is 0.365 e. The molecule has 0 atom stereocenters. The summed E-state index contributed by atoms with van der Waals surface area (Å²) in [7, 11) is 0. The van der Waals surface area contributed by atoms with Crippen molar-refractivity contribution in [2.24, 2.45) is 0 Å². The fourth-order valence-electron chi connectivity index (χ4n) is 2.28. The Balaban J connectivity index is 1.59. The molecular weight excluding hydrogens is 336 g/mol. The zero-order chi connectivity index (χ0) is 17.6. The SMILES string of the molecule is Cc1cccc(CNc2cnc(C(=O)Nc3ccc(Cl)cc3)cn2)c1. The number of nitrogens with zero attached hydrogens (tertiary/aromatic N) is 2. The zero-order valence-corrected chi connectivity index (χ0v) is 14.4. The third-order valence-electron chi connectivity index (χ3n) is 3.54. The summed E-state index contributed by atoms with van der Waals surface area (Å²) in [5.41, 5.74) is 3.26. The first-order chi connectivity index (χ1) is 12.1. The maximum atomic E-state index is 12.2. The summed E-state index contributed by atoms with van der Waals surface area (Å²) in [6, 6.07) is 15.1. The molecule has 25 heavy (non-hydrogen) atoms. The fourth-order valence-corrected chi connectivity index (χ4v) is 2.41. The van der Waals surface area contributed by atoms with Gasteiger partial charge in [0.05, 0.1) is 12.4 Å². The van der Waals surface area contributed by atoms with Crippen LogP contribution in [0.4, 0.5) is 11.5 Å². The third kappa shape index (κ3) is 4.78. The van der Waals surface area contributed by atoms with Gasteiger partial charge in [0.25, 0.3) is 5.91 Å². The van der Waals surface area contributed by atoms with E-state index in [4.69, 9.17) is 11.6 Å². The van der Waals surface area contributed by atoms with E-state index in [9.17, 15) is 4.79 Å². The Hall–Kier alpha value is -2.92. The minimum absolute atomic E-state index is 0.246. The van der Waals surface area contributed by atoms with Crippen LogP contribution in [0.2, 0.25) is 5.02 Å². The topological polar surface area (TPSA) is 66.9 Å². The van der Waals surface area contributed by atoms with Gasteiger partial charge in [0.2, 0.25) is 0 Å². The number of carbonyl (C=O) groups excluding carboxylic acids is 1. The van der Waals surface area contributed by atoms with Crippen molar-refractivity contribution in [2.75, 3.05) is 10.6 Å². The van der Waals surface area contributed by atoms with E-state index in [0.29, 0.717) is 23.1 Å². The minimum Gasteiger partial charge on any atom is -0.365 e. The summed E-state index contributed by atoms with van der Waals surface area (Å²) in [6.45, 7) is 2.70. The van der Waals surface area contributed by atoms with Crippen molar-refractivity contribution in [3.63, 3.8) is 0 Å². The first-order valence-electron chi connectivity index (χ1n) is 7.78. The van der Waals surface area contributed by atoms with Crippen LogP contribution in [-0.4, -0.2) is 15.9 Å². The van der Waals surface area contributed by atoms with Crippen molar-refractivity contribution >= 4 is 29.0 Å². The Labute approximate surface area is 151 Å². The van der Waals surface area contributed by atoms with Crippen molar-refractivity contribution in [1.82, 2.24) is 9.97 Å². The lowest BCUT2D eigenvalue weighted by Crippen LogP contribution is -2.14. The molecule has 0 unspecified atom stereocenters. The van der Waals surface area contributed by atoms with E-state index in [-0.39, 0.29) is 11.6 Å². The molecule has 5 nitrogen and oxygen atoms in total. The summed E-state index contributed by atoms with van der Waals surface area (Å²) in [4.78, 5) is 20.6. The van der Waals surface area contributed by atoms with Gasteiger partial charge in [-0.2, -0.15) is 0 Å². The number of halogens is 1. The molecule has 1 heterocycles. The molecule has 0 spiro atoms. The van der Waals surface area contributed by atoms with Gasteiger partial charge in [-0.3, -0.25) is 4.79 Å². The van der Waals surface area contributed by atoms with Crippen molar-refractivity contribution in [2.45, 2.75) is 13.5 Å². The van der Waals surface area contributed by atoms with Gasteiger partial charge in [0, 0.05) is 17.3 Å². The quantitative estimate of drug-likeness (QED) is 0.718. The highest BCUT2D eigenvalue weighted by molar-refractivity contribution is 6.30. The van der Waals surface area contributed by atoms with Crippen LogP contribution >= 0.6 is 11.6 Å². The molecule has 0 bridgehead atoms. The highest BCUT2D eigenvalue weighted by Crippen LogP contribution is 2.14. The maximum Gasteiger partial charge on any atom is 0.275 e. The summed E-state index contributed by atoms with van der Waals surface area (Å²) in [5, 5.41) is 6.55. The molecule has 1 aromatic heterocycles. The predicted molar refractivity (Wildman–Crippen MR) is 99.9 cm³/mol. The number of benzene rings is 2. The molecule has 0 aliphatic rings. The number of amides is 1. The number of aromatic nitrogens is 2. The van der Waals surface area contributed by atoms with Crippen LogP contribution in [0.15, 0.2) is 60.9 Å². The Kier molecular flexibility index (Phi) is 5.26. The van der Waals surface area contributed by atoms with Crippen molar-refractivity contribution in [3.05, 3.63) is 82.8 Å². The molecule has 0 saturated heterocycles. The van der Waals surface area contributed by atoms with Crippen molar-refractivity contribution < 1.29 is 4.79 Å². The molecule has 2 aromatic carbocycles. The van der Waals surface area contributed by atoms with Crippen LogP contribution in [0.1, 0.15) is 21.6 Å². The van der Waals surface area contributed by atoms with Gasteiger partial charge in [0.1, 0.15) is 11.5 Å². The van der Waals surface area contributed by atoms with Gasteiger partial charge < -0.3 is 10.6 Å². The van der Waals surface area contributed by atoms with Gasteiger partial charge in [-0.25, -0.2) is 9.97 Å². The summed E-state index contributed by atoms with van der Waals surface area (Å²) in [5.74, 6) is 0.296. The van der Waals surface area contributed by atoms with Crippen LogP contribution in [-0.2, 0) is 6.54 Å². The molecular formula is C19H17ClN4O. The second-order valence-electron chi connectivity index (χ2n) is 5.59. The third-order valence-corrected chi connectivity index (χ3v) is 3.79. The highest BCUT2D eigenvalue weighted by Gasteiger charge is 2.08. The number of hydrogen-bond donors (Lipinski definition) is 2. The molecule has 0 aliphatic carbocycles. The maximum absolute atomic E-state index is 12.2. The van der Waals surface area contributed by atoms with Gasteiger partial charge in [-0.1, -0.05) is 41.4 Å². The predicted octanol–water partition coefficient (Wildman–Crippen LogP) is 4.30. The normalized spacial score (nSPS) is 10.3. The molecule has 126 valence electrons. The molecule has 2 N–H and O–H groups in total. The van der Waals surface area contributed by atoms with E-state index in [1.54, 1.807) is 30.5 Å². The fraction of sp³-hybridized carbons (Fsp3) is 0.105. The van der Waals surface area contributed by atoms with Gasteiger partial charge in [-0.15, -0.1) is 0 Å². The first kappa shape index (κ1) is 16.9. The lowest BCUT2D eigenvalue weighted by atomic mass is 10.1. The molecule has 0 saturated carbocycles. The van der Waals surface area contributed by atoms with Gasteiger partial charge >= 0.3 is 0 Å². The Morgan fingerprint density at radius 1 is 1.08 bits per heavy atom. The molecule has 3 rings (SSSR count). The average Bonchev–Trinajstić information content (AvgIpc) is 2.62. The minimum atomic E-state index is -0.319. The standard InChI is InChI=1S/C19H17ClN4O/c1-13-3-2-4-14(9-13)10-22-18-12-21-17(11-23-18)19(25)24-16-7-5-15(20)6-8-16/h2-9,11-12H,10H2,1H3,(H,22,23)(H,24,25). The van der Waals surface area contributed by atoms with E-state index < -0.39 is 0 Å². The summed E-state index contributed by atoms with van der Waals surface area (Å²) >= 11 is 5.82. The summed E-state index contributed by atoms with van der Waals surface area (Å²) < 4.78 is 0. The zero-order valence-electron chi connectivity index (χ0n) is 13.7. The summed E-state index contributed by atoms with van der Waals surface area (Å²) in [6.07, 6.45) is 3.00. The highest BCUT2D eigenvalue weighted by atomic mass is 35.5. The number of hydrogen-bond acceptors (Lipinski definition) is 4. The second-order valence-corrected chi connectivity index (χ2v) is 6.03. The van der Waals surface area contributed by atoms with Crippen molar-refractivity contribution in [3.8, 4) is 0 Å². The number of carbonyl (C=O) groups is 1. The number of aryl methyl sites for hydroxylation is 1. The van der Waals surface area contributed by atoms with E-state index in [0.717, 1.165) is 5.56 Å². The van der Waals surface area contributed by atoms with Crippen LogP contribution in [0.3, 0.4) is 0 Å². The average molecular weight is 353 g/mol. The molecule has 1 amide bonds. The number of rotatable bonds is 5. The van der Waals surface area contributed by atoms with Crippen LogP contribution in [0.5, 0.6) is 0 Å². The van der Waals surface area contributed by atoms with Crippen LogP contribution < -0.4 is 10.6 Å². The van der Waals surface area contributed by atoms with Crippen LogP contribution in [0, 0.1) is 6.92 Å². The molecule has 3 aromatic rings. The first-order valence-corrected chi connectivity index (χ1v) is 8.16. The second kappa shape index (κ2) is 7.77. The van der Waals surface area contributed by atoms with Crippen LogP contribution in [0.25, 0.3) is 0 Å². The van der Waals surface area contributed by atoms with Crippen molar-refractivity contribution in [1.29, 1.82) is 0 Å². The van der Waals surface area contributed by atoms with Gasteiger partial charge in [-0.05, 0) is 36.8 Å². The molecule has 6 heteroatoms. The monoisotopic (exact) mass is 352 g/mol. The molecule has 0 fully saturated rings. The van der Waals surface area contributed by atoms with E-state index in [2.05, 4.69) is 39.7 Å².